The molecule has 0 spiro atoms. The standard InChI is InChI=1S/C11H14FNS/c1-14-11(6-7-11)8-13-10-4-2-9(12)3-5-10/h2-5,13H,6-8H2,1H3. The zero-order valence-corrected chi connectivity index (χ0v) is 9.03. The molecule has 1 aromatic carbocycles. The van der Waals surface area contributed by atoms with Gasteiger partial charge in [-0.25, -0.2) is 4.39 Å². The summed E-state index contributed by atoms with van der Waals surface area (Å²) in [6.45, 7) is 0.986. The lowest BCUT2D eigenvalue weighted by Crippen LogP contribution is -2.17. The second-order valence-corrected chi connectivity index (χ2v) is 5.02. The molecule has 0 aromatic heterocycles. The fourth-order valence-corrected chi connectivity index (χ4v) is 2.15. The predicted octanol–water partition coefficient (Wildman–Crippen LogP) is 3.13. The predicted molar refractivity (Wildman–Crippen MR) is 60.4 cm³/mol. The second kappa shape index (κ2) is 3.81. The van der Waals surface area contributed by atoms with E-state index >= 15 is 0 Å². The Bertz CT molecular complexity index is 306. The summed E-state index contributed by atoms with van der Waals surface area (Å²) in [6, 6.07) is 6.54. The zero-order valence-electron chi connectivity index (χ0n) is 8.22. The van der Waals surface area contributed by atoms with E-state index in [1.54, 1.807) is 12.1 Å². The van der Waals surface area contributed by atoms with E-state index in [4.69, 9.17) is 0 Å². The summed E-state index contributed by atoms with van der Waals surface area (Å²) in [7, 11) is 0. The van der Waals surface area contributed by atoms with Crippen LogP contribution in [-0.2, 0) is 0 Å². The Balaban J connectivity index is 1.89. The molecule has 1 nitrogen and oxygen atoms in total. The molecule has 1 aliphatic carbocycles. The molecule has 0 unspecified atom stereocenters. The van der Waals surface area contributed by atoms with Crippen LogP contribution in [0.15, 0.2) is 24.3 Å². The van der Waals surface area contributed by atoms with Crippen LogP contribution in [0.3, 0.4) is 0 Å². The summed E-state index contributed by atoms with van der Waals surface area (Å²) in [5, 5.41) is 3.34. The maximum atomic E-state index is 12.6. The SMILES string of the molecule is CSC1(CNc2ccc(F)cc2)CC1. The van der Waals surface area contributed by atoms with Crippen LogP contribution in [0.1, 0.15) is 12.8 Å². The zero-order chi connectivity index (χ0) is 10.0. The molecule has 3 heteroatoms. The first-order chi connectivity index (χ1) is 6.74. The van der Waals surface area contributed by atoms with Gasteiger partial charge in [-0.2, -0.15) is 11.8 Å². The number of nitrogens with one attached hydrogen (secondary N) is 1. The number of thioether (sulfide) groups is 1. The molecule has 1 aliphatic rings. The first-order valence-corrected chi connectivity index (χ1v) is 6.01. The first kappa shape index (κ1) is 9.84. The van der Waals surface area contributed by atoms with Crippen molar-refractivity contribution in [1.82, 2.24) is 0 Å². The second-order valence-electron chi connectivity index (χ2n) is 3.75. The van der Waals surface area contributed by atoms with Crippen molar-refractivity contribution in [3.63, 3.8) is 0 Å². The van der Waals surface area contributed by atoms with Crippen LogP contribution in [0, 0.1) is 5.82 Å². The van der Waals surface area contributed by atoms with Crippen molar-refractivity contribution in [1.29, 1.82) is 0 Å². The number of benzene rings is 1. The highest BCUT2D eigenvalue weighted by atomic mass is 32.2. The number of hydrogen-bond donors (Lipinski definition) is 1. The van der Waals surface area contributed by atoms with Gasteiger partial charge in [-0.05, 0) is 43.4 Å². The van der Waals surface area contributed by atoms with E-state index in [1.165, 1.54) is 25.0 Å². The van der Waals surface area contributed by atoms with Gasteiger partial charge in [0, 0.05) is 17.0 Å². The quantitative estimate of drug-likeness (QED) is 0.821. The lowest BCUT2D eigenvalue weighted by molar-refractivity contribution is 0.628. The highest BCUT2D eigenvalue weighted by Gasteiger charge is 2.41. The number of anilines is 1. The molecule has 1 N–H and O–H groups in total. The fourth-order valence-electron chi connectivity index (χ4n) is 1.42. The van der Waals surface area contributed by atoms with Gasteiger partial charge < -0.3 is 5.32 Å². The molecular weight excluding hydrogens is 197 g/mol. The van der Waals surface area contributed by atoms with E-state index in [0.29, 0.717) is 4.75 Å². The van der Waals surface area contributed by atoms with Gasteiger partial charge in [0.25, 0.3) is 0 Å². The van der Waals surface area contributed by atoms with E-state index < -0.39 is 0 Å². The topological polar surface area (TPSA) is 12.0 Å². The minimum Gasteiger partial charge on any atom is -0.384 e. The van der Waals surface area contributed by atoms with E-state index in [2.05, 4.69) is 11.6 Å². The molecule has 1 fully saturated rings. The first-order valence-electron chi connectivity index (χ1n) is 4.79. The third kappa shape index (κ3) is 2.21. The van der Waals surface area contributed by atoms with Crippen LogP contribution in [0.25, 0.3) is 0 Å². The van der Waals surface area contributed by atoms with Gasteiger partial charge in [0.05, 0.1) is 0 Å². The minimum absolute atomic E-state index is 0.179. The van der Waals surface area contributed by atoms with Gasteiger partial charge in [-0.1, -0.05) is 0 Å². The molecule has 0 aliphatic heterocycles. The summed E-state index contributed by atoms with van der Waals surface area (Å²) in [6.07, 6.45) is 4.74. The normalized spacial score (nSPS) is 17.9. The summed E-state index contributed by atoms with van der Waals surface area (Å²) >= 11 is 1.92. The molecule has 14 heavy (non-hydrogen) atoms. The van der Waals surface area contributed by atoms with Gasteiger partial charge in [-0.3, -0.25) is 0 Å². The van der Waals surface area contributed by atoms with Crippen molar-refractivity contribution in [2.24, 2.45) is 0 Å². The van der Waals surface area contributed by atoms with Crippen LogP contribution in [0.2, 0.25) is 0 Å². The summed E-state index contributed by atoms with van der Waals surface area (Å²) in [4.78, 5) is 0. The lowest BCUT2D eigenvalue weighted by Gasteiger charge is -2.13. The van der Waals surface area contributed by atoms with Crippen molar-refractivity contribution >= 4 is 17.4 Å². The highest BCUT2D eigenvalue weighted by molar-refractivity contribution is 8.00. The van der Waals surface area contributed by atoms with Crippen LogP contribution >= 0.6 is 11.8 Å². The summed E-state index contributed by atoms with van der Waals surface area (Å²) in [5.41, 5.74) is 1.01. The Hall–Kier alpha value is -0.700. The monoisotopic (exact) mass is 211 g/mol. The average molecular weight is 211 g/mol. The summed E-state index contributed by atoms with van der Waals surface area (Å²) in [5.74, 6) is -0.179. The molecule has 0 bridgehead atoms. The highest BCUT2D eigenvalue weighted by Crippen LogP contribution is 2.46. The maximum absolute atomic E-state index is 12.6. The maximum Gasteiger partial charge on any atom is 0.123 e. The van der Waals surface area contributed by atoms with E-state index in [9.17, 15) is 4.39 Å². The Morgan fingerprint density at radius 3 is 2.50 bits per heavy atom. The average Bonchev–Trinajstić information content (AvgIpc) is 2.98. The largest absolute Gasteiger partial charge is 0.384 e. The van der Waals surface area contributed by atoms with Crippen LogP contribution < -0.4 is 5.32 Å². The molecule has 0 heterocycles. The van der Waals surface area contributed by atoms with Gasteiger partial charge >= 0.3 is 0 Å². The molecule has 76 valence electrons. The van der Waals surface area contributed by atoms with Gasteiger partial charge in [-0.15, -0.1) is 0 Å². The van der Waals surface area contributed by atoms with Crippen molar-refractivity contribution in [3.8, 4) is 0 Å². The van der Waals surface area contributed by atoms with Gasteiger partial charge in [0.1, 0.15) is 5.82 Å². The third-order valence-corrected chi connectivity index (χ3v) is 4.12. The fraction of sp³-hybridized carbons (Fsp3) is 0.455. The van der Waals surface area contributed by atoms with Gasteiger partial charge in [0.15, 0.2) is 0 Å². The number of halogens is 1. The van der Waals surface area contributed by atoms with Gasteiger partial charge in [0.2, 0.25) is 0 Å². The Morgan fingerprint density at radius 2 is 2.00 bits per heavy atom. The molecule has 0 radical (unpaired) electrons. The Morgan fingerprint density at radius 1 is 1.36 bits per heavy atom. The Labute approximate surface area is 88.1 Å². The number of rotatable bonds is 4. The van der Waals surface area contributed by atoms with Crippen molar-refractivity contribution < 1.29 is 4.39 Å². The molecule has 2 rings (SSSR count). The van der Waals surface area contributed by atoms with Crippen LogP contribution in [-0.4, -0.2) is 17.5 Å². The molecular formula is C11H14FNS. The van der Waals surface area contributed by atoms with Crippen molar-refractivity contribution in [2.45, 2.75) is 17.6 Å². The molecule has 0 saturated heterocycles. The van der Waals surface area contributed by atoms with Crippen molar-refractivity contribution in [2.75, 3.05) is 18.1 Å². The van der Waals surface area contributed by atoms with E-state index in [0.717, 1.165) is 12.2 Å². The third-order valence-electron chi connectivity index (χ3n) is 2.70. The Kier molecular flexibility index (Phi) is 2.68. The minimum atomic E-state index is -0.179. The molecule has 1 saturated carbocycles. The molecule has 0 amide bonds. The van der Waals surface area contributed by atoms with E-state index in [-0.39, 0.29) is 5.82 Å². The van der Waals surface area contributed by atoms with Crippen LogP contribution in [0.5, 0.6) is 0 Å². The smallest absolute Gasteiger partial charge is 0.123 e. The van der Waals surface area contributed by atoms with Crippen LogP contribution in [0.4, 0.5) is 10.1 Å². The number of hydrogen-bond acceptors (Lipinski definition) is 2. The lowest BCUT2D eigenvalue weighted by atomic mass is 10.3. The molecule has 1 aromatic rings. The molecule has 0 atom stereocenters. The summed E-state index contributed by atoms with van der Waals surface area (Å²) < 4.78 is 13.1. The van der Waals surface area contributed by atoms with Crippen molar-refractivity contribution in [3.05, 3.63) is 30.1 Å². The van der Waals surface area contributed by atoms with E-state index in [1.807, 2.05) is 11.8 Å².